The van der Waals surface area contributed by atoms with Crippen LogP contribution in [0.25, 0.3) is 0 Å². The van der Waals surface area contributed by atoms with Gasteiger partial charge in [-0.2, -0.15) is 0 Å². The van der Waals surface area contributed by atoms with Crippen LogP contribution in [0.1, 0.15) is 40.5 Å². The number of hydrogen-bond donors (Lipinski definition) is 2. The van der Waals surface area contributed by atoms with E-state index in [0.717, 1.165) is 0 Å². The van der Waals surface area contributed by atoms with Gasteiger partial charge in [-0.15, -0.1) is 0 Å². The summed E-state index contributed by atoms with van der Waals surface area (Å²) in [4.78, 5) is 0. The highest BCUT2D eigenvalue weighted by Gasteiger charge is 2.18. The fourth-order valence-electron chi connectivity index (χ4n) is 1.43. The van der Waals surface area contributed by atoms with Crippen LogP contribution in [0.5, 0.6) is 0 Å². The van der Waals surface area contributed by atoms with E-state index in [-0.39, 0.29) is 18.4 Å². The number of sulfonamides is 1. The van der Waals surface area contributed by atoms with Crippen molar-refractivity contribution >= 4 is 10.0 Å². The van der Waals surface area contributed by atoms with Crippen molar-refractivity contribution in [2.24, 2.45) is 11.8 Å². The number of rotatable bonds is 8. The van der Waals surface area contributed by atoms with Crippen LogP contribution in [0.3, 0.4) is 0 Å². The zero-order chi connectivity index (χ0) is 12.8. The van der Waals surface area contributed by atoms with Crippen LogP contribution in [-0.4, -0.2) is 31.9 Å². The Hall–Kier alpha value is -0.130. The summed E-state index contributed by atoms with van der Waals surface area (Å²) in [6.45, 7) is 7.86. The molecule has 0 rings (SSSR count). The summed E-state index contributed by atoms with van der Waals surface area (Å²) in [7, 11) is -3.24. The normalized spacial score (nSPS) is 14.7. The molecule has 0 aromatic carbocycles. The van der Waals surface area contributed by atoms with E-state index in [4.69, 9.17) is 5.11 Å². The molecule has 0 radical (unpaired) electrons. The summed E-state index contributed by atoms with van der Waals surface area (Å²) in [5, 5.41) is 9.09. The second-order valence-electron chi connectivity index (χ2n) is 5.13. The Morgan fingerprint density at radius 1 is 1.12 bits per heavy atom. The first kappa shape index (κ1) is 15.9. The van der Waals surface area contributed by atoms with Gasteiger partial charge in [0.15, 0.2) is 0 Å². The zero-order valence-corrected chi connectivity index (χ0v) is 11.5. The van der Waals surface area contributed by atoms with E-state index in [1.165, 1.54) is 0 Å². The molecule has 16 heavy (non-hydrogen) atoms. The van der Waals surface area contributed by atoms with Crippen molar-refractivity contribution in [1.82, 2.24) is 4.72 Å². The van der Waals surface area contributed by atoms with Crippen molar-refractivity contribution in [3.63, 3.8) is 0 Å². The van der Waals surface area contributed by atoms with Gasteiger partial charge in [0.1, 0.15) is 0 Å². The van der Waals surface area contributed by atoms with Gasteiger partial charge in [0.25, 0.3) is 0 Å². The predicted octanol–water partition coefficient (Wildman–Crippen LogP) is 1.36. The summed E-state index contributed by atoms with van der Waals surface area (Å²) in [6, 6.07) is -0.350. The molecule has 0 aliphatic carbocycles. The lowest BCUT2D eigenvalue weighted by Gasteiger charge is -2.18. The van der Waals surface area contributed by atoms with Gasteiger partial charge in [-0.1, -0.05) is 27.7 Å². The van der Waals surface area contributed by atoms with Crippen molar-refractivity contribution in [2.75, 3.05) is 12.4 Å². The maximum Gasteiger partial charge on any atom is 0.211 e. The van der Waals surface area contributed by atoms with Crippen LogP contribution in [0.4, 0.5) is 0 Å². The van der Waals surface area contributed by atoms with E-state index in [0.29, 0.717) is 24.7 Å². The van der Waals surface area contributed by atoms with Gasteiger partial charge in [0, 0.05) is 6.04 Å². The first-order valence-corrected chi connectivity index (χ1v) is 7.53. The van der Waals surface area contributed by atoms with Crippen LogP contribution in [0.2, 0.25) is 0 Å². The molecular formula is C11H25NO3S. The molecule has 4 nitrogen and oxygen atoms in total. The minimum absolute atomic E-state index is 0.138. The van der Waals surface area contributed by atoms with Crippen LogP contribution >= 0.6 is 0 Å². The van der Waals surface area contributed by atoms with Crippen LogP contribution in [-0.2, 0) is 10.0 Å². The fraction of sp³-hybridized carbons (Fsp3) is 1.00. The fourth-order valence-corrected chi connectivity index (χ4v) is 3.01. The zero-order valence-electron chi connectivity index (χ0n) is 10.7. The number of aliphatic hydroxyl groups excluding tert-OH is 1. The molecule has 0 aliphatic heterocycles. The number of nitrogens with one attached hydrogen (secondary N) is 1. The maximum atomic E-state index is 11.7. The van der Waals surface area contributed by atoms with E-state index in [2.05, 4.69) is 4.72 Å². The second-order valence-corrected chi connectivity index (χ2v) is 7.00. The van der Waals surface area contributed by atoms with Crippen molar-refractivity contribution in [3.05, 3.63) is 0 Å². The highest BCUT2D eigenvalue weighted by atomic mass is 32.2. The van der Waals surface area contributed by atoms with Crippen molar-refractivity contribution in [1.29, 1.82) is 0 Å². The number of aliphatic hydroxyl groups is 1. The summed E-state index contributed by atoms with van der Waals surface area (Å²) in [5.41, 5.74) is 0. The van der Waals surface area contributed by atoms with Crippen molar-refractivity contribution in [2.45, 2.75) is 46.6 Å². The Kier molecular flexibility index (Phi) is 7.19. The van der Waals surface area contributed by atoms with Gasteiger partial charge in [-0.3, -0.25) is 0 Å². The predicted molar refractivity (Wildman–Crippen MR) is 66.7 cm³/mol. The quantitative estimate of drug-likeness (QED) is 0.684. The molecule has 1 atom stereocenters. The van der Waals surface area contributed by atoms with Crippen LogP contribution in [0.15, 0.2) is 0 Å². The summed E-state index contributed by atoms with van der Waals surface area (Å²) in [5.74, 6) is 0.874. The first-order chi connectivity index (χ1) is 7.26. The molecule has 98 valence electrons. The molecule has 2 N–H and O–H groups in total. The molecule has 0 aromatic heterocycles. The van der Waals surface area contributed by atoms with E-state index in [1.807, 2.05) is 27.7 Å². The van der Waals surface area contributed by atoms with E-state index >= 15 is 0 Å². The highest BCUT2D eigenvalue weighted by molar-refractivity contribution is 7.89. The molecule has 0 aliphatic rings. The highest BCUT2D eigenvalue weighted by Crippen LogP contribution is 2.07. The van der Waals surface area contributed by atoms with Gasteiger partial charge in [-0.25, -0.2) is 13.1 Å². The third-order valence-corrected chi connectivity index (χ3v) is 3.75. The topological polar surface area (TPSA) is 66.4 Å². The minimum Gasteiger partial charge on any atom is -0.395 e. The largest absolute Gasteiger partial charge is 0.395 e. The third-order valence-electron chi connectivity index (χ3n) is 2.29. The van der Waals surface area contributed by atoms with Gasteiger partial charge in [0.2, 0.25) is 10.0 Å². The molecule has 1 unspecified atom stereocenters. The average molecular weight is 251 g/mol. The molecule has 0 saturated heterocycles. The summed E-state index contributed by atoms with van der Waals surface area (Å²) < 4.78 is 25.9. The Morgan fingerprint density at radius 2 is 1.69 bits per heavy atom. The van der Waals surface area contributed by atoms with E-state index in [9.17, 15) is 8.42 Å². The summed E-state index contributed by atoms with van der Waals surface area (Å²) >= 11 is 0. The van der Waals surface area contributed by atoms with Crippen LogP contribution in [0, 0.1) is 11.8 Å². The van der Waals surface area contributed by atoms with E-state index in [1.54, 1.807) is 0 Å². The molecule has 0 fully saturated rings. The molecule has 0 saturated carbocycles. The molecule has 0 spiro atoms. The van der Waals surface area contributed by atoms with Gasteiger partial charge < -0.3 is 5.11 Å². The first-order valence-electron chi connectivity index (χ1n) is 5.87. The second kappa shape index (κ2) is 7.25. The van der Waals surface area contributed by atoms with Crippen molar-refractivity contribution in [3.8, 4) is 0 Å². The SMILES string of the molecule is CC(C)CCS(=O)(=O)NC(CO)CC(C)C. The average Bonchev–Trinajstić information content (AvgIpc) is 2.13. The Morgan fingerprint density at radius 3 is 2.06 bits per heavy atom. The van der Waals surface area contributed by atoms with Gasteiger partial charge in [-0.05, 0) is 24.7 Å². The Balaban J connectivity index is 4.21. The third kappa shape index (κ3) is 8.07. The van der Waals surface area contributed by atoms with Crippen LogP contribution < -0.4 is 4.72 Å². The molecule has 0 amide bonds. The minimum atomic E-state index is -3.24. The Labute approximate surface area is 99.5 Å². The molecule has 0 bridgehead atoms. The van der Waals surface area contributed by atoms with Gasteiger partial charge >= 0.3 is 0 Å². The maximum absolute atomic E-state index is 11.7. The lowest BCUT2D eigenvalue weighted by atomic mass is 10.1. The standard InChI is InChI=1S/C11H25NO3S/c1-9(2)5-6-16(14,15)12-11(8-13)7-10(3)4/h9-13H,5-8H2,1-4H3. The lowest BCUT2D eigenvalue weighted by Crippen LogP contribution is -2.39. The summed E-state index contributed by atoms with van der Waals surface area (Å²) in [6.07, 6.45) is 1.31. The van der Waals surface area contributed by atoms with E-state index < -0.39 is 10.0 Å². The van der Waals surface area contributed by atoms with Gasteiger partial charge in [0.05, 0.1) is 12.4 Å². The number of hydrogen-bond acceptors (Lipinski definition) is 3. The molecule has 0 heterocycles. The monoisotopic (exact) mass is 251 g/mol. The Bertz CT molecular complexity index is 273. The molecular weight excluding hydrogens is 226 g/mol. The lowest BCUT2D eigenvalue weighted by molar-refractivity contribution is 0.240. The molecule has 0 aromatic rings. The van der Waals surface area contributed by atoms with Crippen molar-refractivity contribution < 1.29 is 13.5 Å². The smallest absolute Gasteiger partial charge is 0.211 e. The molecule has 5 heteroatoms.